The number of nitrogens with one attached hydrogen (secondary N) is 2. The maximum Gasteiger partial charge on any atom is 0.126 e. The molecule has 1 saturated heterocycles. The molecule has 6 nitrogen and oxygen atoms in total. The number of nitrogens with zero attached hydrogens (tertiary/aromatic N) is 4. The van der Waals surface area contributed by atoms with E-state index in [1.165, 1.54) is 28.6 Å². The SMILES string of the molecule is CC(C)N1CC[C@@H](c2[nH]ncc2-c2ccnc(NCc3cccc4ncccc34)c2)C1. The summed E-state index contributed by atoms with van der Waals surface area (Å²) in [7, 11) is 0. The lowest BCUT2D eigenvalue weighted by molar-refractivity contribution is 0.272. The van der Waals surface area contributed by atoms with Gasteiger partial charge >= 0.3 is 0 Å². The van der Waals surface area contributed by atoms with Crippen molar-refractivity contribution >= 4 is 16.7 Å². The number of hydrogen-bond acceptors (Lipinski definition) is 5. The Labute approximate surface area is 182 Å². The predicted octanol–water partition coefficient (Wildman–Crippen LogP) is 4.83. The number of anilines is 1. The van der Waals surface area contributed by atoms with Gasteiger partial charge in [0.1, 0.15) is 5.82 Å². The summed E-state index contributed by atoms with van der Waals surface area (Å²) in [5.41, 5.74) is 5.78. The Kier molecular flexibility index (Phi) is 5.38. The van der Waals surface area contributed by atoms with Crippen molar-refractivity contribution in [3.63, 3.8) is 0 Å². The molecule has 0 unspecified atom stereocenters. The fourth-order valence-electron chi connectivity index (χ4n) is 4.53. The molecule has 0 amide bonds. The molecule has 1 atom stereocenters. The smallest absolute Gasteiger partial charge is 0.126 e. The number of aromatic amines is 1. The number of rotatable bonds is 6. The molecule has 31 heavy (non-hydrogen) atoms. The Morgan fingerprint density at radius 1 is 1.13 bits per heavy atom. The second-order valence-corrected chi connectivity index (χ2v) is 8.54. The lowest BCUT2D eigenvalue weighted by atomic mass is 9.97. The van der Waals surface area contributed by atoms with E-state index in [9.17, 15) is 0 Å². The van der Waals surface area contributed by atoms with Gasteiger partial charge in [-0.1, -0.05) is 18.2 Å². The molecule has 0 saturated carbocycles. The molecule has 2 N–H and O–H groups in total. The molecular weight excluding hydrogens is 384 g/mol. The molecule has 5 rings (SSSR count). The standard InChI is InChI=1S/C25H28N6/c1-17(2)31-12-9-20(16-31)25-22(15-29-30-25)18-8-11-27-24(13-18)28-14-19-5-3-7-23-21(19)6-4-10-26-23/h3-8,10-11,13,15,17,20H,9,12,14,16H2,1-2H3,(H,27,28)(H,29,30)/t20-/m1/s1. The van der Waals surface area contributed by atoms with Crippen LogP contribution in [0.15, 0.2) is 61.1 Å². The monoisotopic (exact) mass is 412 g/mol. The molecular formula is C25H28N6. The zero-order chi connectivity index (χ0) is 21.2. The highest BCUT2D eigenvalue weighted by atomic mass is 15.2. The second-order valence-electron chi connectivity index (χ2n) is 8.54. The van der Waals surface area contributed by atoms with Crippen LogP contribution < -0.4 is 5.32 Å². The Hall–Kier alpha value is -3.25. The van der Waals surface area contributed by atoms with E-state index < -0.39 is 0 Å². The van der Waals surface area contributed by atoms with Crippen molar-refractivity contribution in [1.82, 2.24) is 25.1 Å². The Morgan fingerprint density at radius 3 is 2.94 bits per heavy atom. The van der Waals surface area contributed by atoms with Gasteiger partial charge in [-0.2, -0.15) is 5.10 Å². The summed E-state index contributed by atoms with van der Waals surface area (Å²) >= 11 is 0. The summed E-state index contributed by atoms with van der Waals surface area (Å²) in [6.45, 7) is 7.46. The number of benzene rings is 1. The Balaban J connectivity index is 1.35. The molecule has 0 aliphatic carbocycles. The summed E-state index contributed by atoms with van der Waals surface area (Å²) in [6, 6.07) is 15.1. The van der Waals surface area contributed by atoms with Gasteiger partial charge in [-0.15, -0.1) is 0 Å². The third-order valence-electron chi connectivity index (χ3n) is 6.29. The van der Waals surface area contributed by atoms with Crippen LogP contribution in [0.1, 0.15) is 37.4 Å². The van der Waals surface area contributed by atoms with Crippen molar-refractivity contribution < 1.29 is 0 Å². The molecule has 0 radical (unpaired) electrons. The first-order chi connectivity index (χ1) is 15.2. The molecule has 1 fully saturated rings. The van der Waals surface area contributed by atoms with Gasteiger partial charge in [-0.25, -0.2) is 4.98 Å². The lowest BCUT2D eigenvalue weighted by Gasteiger charge is -2.20. The summed E-state index contributed by atoms with van der Waals surface area (Å²) < 4.78 is 0. The predicted molar refractivity (Wildman–Crippen MR) is 125 cm³/mol. The van der Waals surface area contributed by atoms with Crippen molar-refractivity contribution in [2.24, 2.45) is 0 Å². The quantitative estimate of drug-likeness (QED) is 0.475. The average molecular weight is 413 g/mol. The molecule has 0 spiro atoms. The summed E-state index contributed by atoms with van der Waals surface area (Å²) in [5, 5.41) is 12.3. The third kappa shape index (κ3) is 4.03. The van der Waals surface area contributed by atoms with Crippen LogP contribution in [0, 0.1) is 0 Å². The van der Waals surface area contributed by atoms with Crippen molar-refractivity contribution in [2.75, 3.05) is 18.4 Å². The van der Waals surface area contributed by atoms with Crippen LogP contribution in [0.4, 0.5) is 5.82 Å². The fraction of sp³-hybridized carbons (Fsp3) is 0.320. The largest absolute Gasteiger partial charge is 0.366 e. The number of H-pyrrole nitrogens is 1. The van der Waals surface area contributed by atoms with Gasteiger partial charge in [0.15, 0.2) is 0 Å². The lowest BCUT2D eigenvalue weighted by Crippen LogP contribution is -2.28. The minimum atomic E-state index is 0.493. The van der Waals surface area contributed by atoms with E-state index >= 15 is 0 Å². The number of hydrogen-bond donors (Lipinski definition) is 2. The van der Waals surface area contributed by atoms with E-state index in [1.54, 1.807) is 0 Å². The van der Waals surface area contributed by atoms with Crippen molar-refractivity contribution in [1.29, 1.82) is 0 Å². The number of fused-ring (bicyclic) bond motifs is 1. The Bertz CT molecular complexity index is 1180. The maximum absolute atomic E-state index is 4.54. The van der Waals surface area contributed by atoms with E-state index in [1.807, 2.05) is 30.7 Å². The van der Waals surface area contributed by atoms with Gasteiger partial charge in [-0.3, -0.25) is 10.1 Å². The molecule has 158 valence electrons. The van der Waals surface area contributed by atoms with Crippen molar-refractivity contribution in [3.8, 4) is 11.1 Å². The summed E-state index contributed by atoms with van der Waals surface area (Å²) in [5.74, 6) is 1.36. The highest BCUT2D eigenvalue weighted by Crippen LogP contribution is 2.34. The van der Waals surface area contributed by atoms with Gasteiger partial charge in [0.05, 0.1) is 11.7 Å². The summed E-state index contributed by atoms with van der Waals surface area (Å²) in [6.07, 6.45) is 6.81. The first kappa shape index (κ1) is 19.7. The second kappa shape index (κ2) is 8.47. The first-order valence-corrected chi connectivity index (χ1v) is 11.0. The van der Waals surface area contributed by atoms with Crippen LogP contribution in [0.3, 0.4) is 0 Å². The fourth-order valence-corrected chi connectivity index (χ4v) is 4.53. The molecule has 1 aliphatic heterocycles. The van der Waals surface area contributed by atoms with E-state index in [4.69, 9.17) is 0 Å². The van der Waals surface area contributed by atoms with Crippen LogP contribution in [-0.4, -0.2) is 44.2 Å². The van der Waals surface area contributed by atoms with Crippen LogP contribution in [0.2, 0.25) is 0 Å². The van der Waals surface area contributed by atoms with Crippen molar-refractivity contribution in [3.05, 3.63) is 72.3 Å². The van der Waals surface area contributed by atoms with Crippen LogP contribution >= 0.6 is 0 Å². The highest BCUT2D eigenvalue weighted by Gasteiger charge is 2.28. The number of pyridine rings is 2. The minimum absolute atomic E-state index is 0.493. The van der Waals surface area contributed by atoms with Crippen LogP contribution in [0.5, 0.6) is 0 Å². The molecule has 4 aromatic rings. The number of likely N-dealkylation sites (tertiary alicyclic amines) is 1. The third-order valence-corrected chi connectivity index (χ3v) is 6.29. The van der Waals surface area contributed by atoms with E-state index in [2.05, 4.69) is 74.6 Å². The van der Waals surface area contributed by atoms with E-state index in [0.717, 1.165) is 30.0 Å². The zero-order valence-corrected chi connectivity index (χ0v) is 18.0. The van der Waals surface area contributed by atoms with Gasteiger partial charge in [0.25, 0.3) is 0 Å². The topological polar surface area (TPSA) is 69.7 Å². The first-order valence-electron chi connectivity index (χ1n) is 11.0. The van der Waals surface area contributed by atoms with Crippen LogP contribution in [-0.2, 0) is 6.54 Å². The van der Waals surface area contributed by atoms with E-state index in [-0.39, 0.29) is 0 Å². The van der Waals surface area contributed by atoms with Crippen LogP contribution in [0.25, 0.3) is 22.0 Å². The zero-order valence-electron chi connectivity index (χ0n) is 18.0. The number of aromatic nitrogens is 4. The molecule has 3 aromatic heterocycles. The van der Waals surface area contributed by atoms with E-state index in [0.29, 0.717) is 18.5 Å². The molecule has 0 bridgehead atoms. The Morgan fingerprint density at radius 2 is 2.06 bits per heavy atom. The molecule has 6 heteroatoms. The maximum atomic E-state index is 4.54. The van der Waals surface area contributed by atoms with Gasteiger partial charge in [-0.05, 0) is 62.2 Å². The summed E-state index contributed by atoms with van der Waals surface area (Å²) in [4.78, 5) is 11.5. The highest BCUT2D eigenvalue weighted by molar-refractivity contribution is 5.82. The van der Waals surface area contributed by atoms with Gasteiger partial charge in [0.2, 0.25) is 0 Å². The normalized spacial score (nSPS) is 16.9. The molecule has 4 heterocycles. The average Bonchev–Trinajstić information content (AvgIpc) is 3.47. The minimum Gasteiger partial charge on any atom is -0.366 e. The van der Waals surface area contributed by atoms with Crippen molar-refractivity contribution in [2.45, 2.75) is 38.8 Å². The molecule has 1 aromatic carbocycles. The van der Waals surface area contributed by atoms with Gasteiger partial charge < -0.3 is 10.2 Å². The molecule has 1 aliphatic rings. The van der Waals surface area contributed by atoms with Gasteiger partial charge in [0, 0.05) is 54.1 Å².